The second-order valence-corrected chi connectivity index (χ2v) is 6.34. The van der Waals surface area contributed by atoms with Crippen LogP contribution in [0.1, 0.15) is 39.0 Å². The lowest BCUT2D eigenvalue weighted by Gasteiger charge is -2.34. The standard InChI is InChI=1S/C16H31N3O2/c1-3-6-16(7-4-8-17-16)15(20)19-10-5-9-18(11-12-19)13-14-21-2/h17H,3-14H2,1-2H3. The Bertz CT molecular complexity index is 329. The van der Waals surface area contributed by atoms with Gasteiger partial charge >= 0.3 is 0 Å². The van der Waals surface area contributed by atoms with E-state index < -0.39 is 0 Å². The van der Waals surface area contributed by atoms with E-state index in [9.17, 15) is 4.79 Å². The smallest absolute Gasteiger partial charge is 0.242 e. The van der Waals surface area contributed by atoms with Gasteiger partial charge in [-0.2, -0.15) is 0 Å². The number of hydrogen-bond donors (Lipinski definition) is 1. The highest BCUT2D eigenvalue weighted by molar-refractivity contribution is 5.86. The van der Waals surface area contributed by atoms with E-state index in [0.717, 1.165) is 78.0 Å². The molecule has 0 spiro atoms. The Morgan fingerprint density at radius 3 is 2.76 bits per heavy atom. The molecule has 2 heterocycles. The number of nitrogens with one attached hydrogen (secondary N) is 1. The highest BCUT2D eigenvalue weighted by Crippen LogP contribution is 2.27. The zero-order valence-electron chi connectivity index (χ0n) is 13.7. The van der Waals surface area contributed by atoms with E-state index in [1.807, 2.05) is 0 Å². The minimum absolute atomic E-state index is 0.267. The first-order valence-corrected chi connectivity index (χ1v) is 8.47. The van der Waals surface area contributed by atoms with Gasteiger partial charge in [-0.3, -0.25) is 9.69 Å². The van der Waals surface area contributed by atoms with Crippen molar-refractivity contribution in [3.05, 3.63) is 0 Å². The Morgan fingerprint density at radius 2 is 2.10 bits per heavy atom. The minimum Gasteiger partial charge on any atom is -0.383 e. The van der Waals surface area contributed by atoms with E-state index in [2.05, 4.69) is 22.0 Å². The number of amides is 1. The minimum atomic E-state index is -0.267. The summed E-state index contributed by atoms with van der Waals surface area (Å²) < 4.78 is 5.16. The van der Waals surface area contributed by atoms with Crippen molar-refractivity contribution in [1.82, 2.24) is 15.1 Å². The number of carbonyl (C=O) groups excluding carboxylic acids is 1. The first-order chi connectivity index (χ1) is 10.2. The van der Waals surface area contributed by atoms with Gasteiger partial charge in [-0.25, -0.2) is 0 Å². The van der Waals surface area contributed by atoms with Crippen molar-refractivity contribution >= 4 is 5.91 Å². The predicted octanol–water partition coefficient (Wildman–Crippen LogP) is 1.09. The normalized spacial score (nSPS) is 27.8. The summed E-state index contributed by atoms with van der Waals surface area (Å²) in [4.78, 5) is 17.5. The fraction of sp³-hybridized carbons (Fsp3) is 0.938. The van der Waals surface area contributed by atoms with Crippen molar-refractivity contribution in [2.75, 3.05) is 53.0 Å². The number of ether oxygens (including phenoxy) is 1. The first-order valence-electron chi connectivity index (χ1n) is 8.47. The summed E-state index contributed by atoms with van der Waals surface area (Å²) in [6, 6.07) is 0. The highest BCUT2D eigenvalue weighted by Gasteiger charge is 2.42. The highest BCUT2D eigenvalue weighted by atomic mass is 16.5. The number of hydrogen-bond acceptors (Lipinski definition) is 4. The van der Waals surface area contributed by atoms with Gasteiger partial charge in [-0.1, -0.05) is 13.3 Å². The third-order valence-electron chi connectivity index (χ3n) is 4.82. The number of carbonyl (C=O) groups is 1. The third-order valence-corrected chi connectivity index (χ3v) is 4.82. The second kappa shape index (κ2) is 8.11. The summed E-state index contributed by atoms with van der Waals surface area (Å²) >= 11 is 0. The van der Waals surface area contributed by atoms with Crippen LogP contribution in [0.25, 0.3) is 0 Å². The lowest BCUT2D eigenvalue weighted by Crippen LogP contribution is -2.55. The number of nitrogens with zero attached hydrogens (tertiary/aromatic N) is 2. The molecule has 0 aromatic carbocycles. The zero-order valence-corrected chi connectivity index (χ0v) is 13.7. The van der Waals surface area contributed by atoms with Gasteiger partial charge in [-0.15, -0.1) is 0 Å². The Labute approximate surface area is 129 Å². The average Bonchev–Trinajstić information content (AvgIpc) is 2.84. The van der Waals surface area contributed by atoms with E-state index >= 15 is 0 Å². The lowest BCUT2D eigenvalue weighted by atomic mass is 9.90. The van der Waals surface area contributed by atoms with Crippen molar-refractivity contribution < 1.29 is 9.53 Å². The van der Waals surface area contributed by atoms with Crippen molar-refractivity contribution in [3.8, 4) is 0 Å². The van der Waals surface area contributed by atoms with Crippen LogP contribution in [-0.4, -0.2) is 74.2 Å². The molecular formula is C16H31N3O2. The molecule has 2 saturated heterocycles. The molecule has 2 aliphatic rings. The number of rotatable bonds is 6. The van der Waals surface area contributed by atoms with Crippen LogP contribution in [0.2, 0.25) is 0 Å². The molecule has 1 unspecified atom stereocenters. The Kier molecular flexibility index (Phi) is 6.45. The van der Waals surface area contributed by atoms with Crippen LogP contribution in [-0.2, 0) is 9.53 Å². The molecule has 5 heteroatoms. The molecular weight excluding hydrogens is 266 g/mol. The van der Waals surface area contributed by atoms with Crippen LogP contribution < -0.4 is 5.32 Å². The maximum Gasteiger partial charge on any atom is 0.242 e. The van der Waals surface area contributed by atoms with E-state index in [0.29, 0.717) is 5.91 Å². The van der Waals surface area contributed by atoms with Crippen LogP contribution in [0.5, 0.6) is 0 Å². The lowest BCUT2D eigenvalue weighted by molar-refractivity contribution is -0.138. The molecule has 1 amide bonds. The van der Waals surface area contributed by atoms with Crippen LogP contribution in [0.15, 0.2) is 0 Å². The van der Waals surface area contributed by atoms with Crippen LogP contribution in [0, 0.1) is 0 Å². The fourth-order valence-corrected chi connectivity index (χ4v) is 3.66. The molecule has 0 aliphatic carbocycles. The molecule has 0 bridgehead atoms. The molecule has 2 fully saturated rings. The summed E-state index contributed by atoms with van der Waals surface area (Å²) in [6.45, 7) is 8.69. The maximum atomic E-state index is 13.0. The summed E-state index contributed by atoms with van der Waals surface area (Å²) in [5.41, 5.74) is -0.267. The van der Waals surface area contributed by atoms with Gasteiger partial charge in [0.15, 0.2) is 0 Å². The molecule has 0 saturated carbocycles. The Morgan fingerprint density at radius 1 is 1.24 bits per heavy atom. The topological polar surface area (TPSA) is 44.8 Å². The Balaban J connectivity index is 1.92. The van der Waals surface area contributed by atoms with Crippen molar-refractivity contribution in [1.29, 1.82) is 0 Å². The van der Waals surface area contributed by atoms with E-state index in [-0.39, 0.29) is 5.54 Å². The number of methoxy groups -OCH3 is 1. The van der Waals surface area contributed by atoms with Gasteiger partial charge in [0.1, 0.15) is 0 Å². The fourth-order valence-electron chi connectivity index (χ4n) is 3.66. The zero-order chi connectivity index (χ0) is 15.1. The second-order valence-electron chi connectivity index (χ2n) is 6.34. The van der Waals surface area contributed by atoms with E-state index in [4.69, 9.17) is 4.74 Å². The molecule has 2 rings (SSSR count). The quantitative estimate of drug-likeness (QED) is 0.797. The molecule has 0 aromatic rings. The van der Waals surface area contributed by atoms with Gasteiger partial charge in [0.05, 0.1) is 12.1 Å². The van der Waals surface area contributed by atoms with Crippen LogP contribution in [0.4, 0.5) is 0 Å². The predicted molar refractivity (Wildman–Crippen MR) is 84.4 cm³/mol. The molecule has 0 radical (unpaired) electrons. The van der Waals surface area contributed by atoms with Gasteiger partial charge in [-0.05, 0) is 38.8 Å². The largest absolute Gasteiger partial charge is 0.383 e. The van der Waals surface area contributed by atoms with Crippen molar-refractivity contribution in [2.24, 2.45) is 0 Å². The third kappa shape index (κ3) is 4.18. The van der Waals surface area contributed by atoms with Gasteiger partial charge in [0, 0.05) is 33.3 Å². The van der Waals surface area contributed by atoms with Gasteiger partial charge in [0.2, 0.25) is 5.91 Å². The van der Waals surface area contributed by atoms with E-state index in [1.54, 1.807) is 7.11 Å². The van der Waals surface area contributed by atoms with Crippen LogP contribution in [0.3, 0.4) is 0 Å². The summed E-state index contributed by atoms with van der Waals surface area (Å²) in [5.74, 6) is 0.343. The van der Waals surface area contributed by atoms with Gasteiger partial charge < -0.3 is 15.0 Å². The molecule has 2 aliphatic heterocycles. The summed E-state index contributed by atoms with van der Waals surface area (Å²) in [5, 5.41) is 3.51. The molecule has 5 nitrogen and oxygen atoms in total. The average molecular weight is 297 g/mol. The maximum absolute atomic E-state index is 13.0. The summed E-state index contributed by atoms with van der Waals surface area (Å²) in [6.07, 6.45) is 5.23. The van der Waals surface area contributed by atoms with Crippen LogP contribution >= 0.6 is 0 Å². The Hall–Kier alpha value is -0.650. The first kappa shape index (κ1) is 16.7. The van der Waals surface area contributed by atoms with Gasteiger partial charge in [0.25, 0.3) is 0 Å². The molecule has 0 aromatic heterocycles. The molecule has 122 valence electrons. The van der Waals surface area contributed by atoms with E-state index in [1.165, 1.54) is 0 Å². The molecule has 1 atom stereocenters. The SMILES string of the molecule is CCCC1(C(=O)N2CCCN(CCOC)CC2)CCCN1. The molecule has 21 heavy (non-hydrogen) atoms. The monoisotopic (exact) mass is 297 g/mol. The van der Waals surface area contributed by atoms with Crippen molar-refractivity contribution in [2.45, 2.75) is 44.6 Å². The summed E-state index contributed by atoms with van der Waals surface area (Å²) in [7, 11) is 1.74. The van der Waals surface area contributed by atoms with Crippen molar-refractivity contribution in [3.63, 3.8) is 0 Å². The molecule has 1 N–H and O–H groups in total.